The van der Waals surface area contributed by atoms with Crippen LogP contribution >= 0.6 is 11.3 Å². The van der Waals surface area contributed by atoms with E-state index in [-0.39, 0.29) is 6.04 Å². The van der Waals surface area contributed by atoms with Crippen molar-refractivity contribution in [2.45, 2.75) is 32.7 Å². The van der Waals surface area contributed by atoms with E-state index in [1.807, 2.05) is 6.92 Å². The lowest BCUT2D eigenvalue weighted by molar-refractivity contribution is 0.666. The summed E-state index contributed by atoms with van der Waals surface area (Å²) >= 11 is 1.75. The van der Waals surface area contributed by atoms with Gasteiger partial charge in [-0.3, -0.25) is 4.40 Å². The third-order valence-electron chi connectivity index (χ3n) is 3.17. The Morgan fingerprint density at radius 1 is 1.44 bits per heavy atom. The third kappa shape index (κ3) is 2.02. The van der Waals surface area contributed by atoms with Gasteiger partial charge in [-0.15, -0.1) is 0 Å². The highest BCUT2D eigenvalue weighted by molar-refractivity contribution is 7.23. The molecule has 0 saturated heterocycles. The zero-order valence-electron chi connectivity index (χ0n) is 10.7. The molecule has 0 bridgehead atoms. The molecule has 0 fully saturated rings. The Balaban J connectivity index is 2.02. The first-order chi connectivity index (χ1) is 8.63. The van der Waals surface area contributed by atoms with E-state index in [0.717, 1.165) is 23.5 Å². The monoisotopic (exact) mass is 259 g/mol. The highest BCUT2D eigenvalue weighted by Crippen LogP contribution is 2.27. The average Bonchev–Trinajstić information content (AvgIpc) is 2.81. The molecule has 0 aliphatic carbocycles. The fourth-order valence-electron chi connectivity index (χ4n) is 2.21. The van der Waals surface area contributed by atoms with Crippen LogP contribution in [0.5, 0.6) is 0 Å². The molecule has 0 spiro atoms. The number of fused-ring (bicyclic) bond motifs is 3. The molecule has 18 heavy (non-hydrogen) atoms. The number of benzene rings is 1. The van der Waals surface area contributed by atoms with Crippen LogP contribution in [0.4, 0.5) is 0 Å². The van der Waals surface area contributed by atoms with Gasteiger partial charge >= 0.3 is 0 Å². The van der Waals surface area contributed by atoms with Gasteiger partial charge in [0, 0.05) is 12.2 Å². The van der Waals surface area contributed by atoms with Gasteiger partial charge < -0.3 is 5.73 Å². The SMILES string of the molecule is Cc1cn2c(n1)sc1cc(CCC(C)N)ccc12. The van der Waals surface area contributed by atoms with Crippen LogP contribution in [-0.4, -0.2) is 15.4 Å². The summed E-state index contributed by atoms with van der Waals surface area (Å²) in [6.45, 7) is 4.09. The van der Waals surface area contributed by atoms with Crippen molar-refractivity contribution >= 4 is 26.5 Å². The van der Waals surface area contributed by atoms with E-state index in [9.17, 15) is 0 Å². The highest BCUT2D eigenvalue weighted by atomic mass is 32.1. The van der Waals surface area contributed by atoms with Crippen LogP contribution in [0.3, 0.4) is 0 Å². The minimum absolute atomic E-state index is 0.268. The Morgan fingerprint density at radius 3 is 3.06 bits per heavy atom. The van der Waals surface area contributed by atoms with Crippen molar-refractivity contribution in [2.24, 2.45) is 5.73 Å². The normalized spacial score (nSPS) is 13.5. The second-order valence-electron chi connectivity index (χ2n) is 4.95. The van der Waals surface area contributed by atoms with Crippen LogP contribution in [0.1, 0.15) is 24.6 Å². The summed E-state index contributed by atoms with van der Waals surface area (Å²) in [5, 5.41) is 0. The standard InChI is InChI=1S/C14H17N3S/c1-9(15)3-4-11-5-6-12-13(7-11)18-14-16-10(2)8-17(12)14/h5-9H,3-4,15H2,1-2H3. The molecule has 1 aromatic carbocycles. The molecule has 0 radical (unpaired) electrons. The second-order valence-corrected chi connectivity index (χ2v) is 5.96. The molecular weight excluding hydrogens is 242 g/mol. The van der Waals surface area contributed by atoms with E-state index in [1.54, 1.807) is 11.3 Å². The molecule has 0 saturated carbocycles. The molecule has 2 N–H and O–H groups in total. The topological polar surface area (TPSA) is 43.3 Å². The maximum Gasteiger partial charge on any atom is 0.194 e. The lowest BCUT2D eigenvalue weighted by Gasteiger charge is -2.04. The van der Waals surface area contributed by atoms with Crippen molar-refractivity contribution in [2.75, 3.05) is 0 Å². The number of aromatic nitrogens is 2. The van der Waals surface area contributed by atoms with E-state index in [2.05, 4.69) is 40.7 Å². The predicted molar refractivity (Wildman–Crippen MR) is 77.3 cm³/mol. The van der Waals surface area contributed by atoms with Gasteiger partial charge in [-0.05, 0) is 44.4 Å². The smallest absolute Gasteiger partial charge is 0.194 e. The molecule has 3 rings (SSSR count). The largest absolute Gasteiger partial charge is 0.328 e. The lowest BCUT2D eigenvalue weighted by Crippen LogP contribution is -2.15. The molecule has 0 amide bonds. The van der Waals surface area contributed by atoms with Crippen molar-refractivity contribution < 1.29 is 0 Å². The first-order valence-electron chi connectivity index (χ1n) is 6.26. The lowest BCUT2D eigenvalue weighted by atomic mass is 10.1. The maximum absolute atomic E-state index is 5.80. The van der Waals surface area contributed by atoms with E-state index >= 15 is 0 Å². The first kappa shape index (κ1) is 11.7. The Hall–Kier alpha value is -1.39. The fraction of sp³-hybridized carbons (Fsp3) is 0.357. The second kappa shape index (κ2) is 4.37. The van der Waals surface area contributed by atoms with Gasteiger partial charge in [-0.1, -0.05) is 17.4 Å². The van der Waals surface area contributed by atoms with Crippen LogP contribution in [0.2, 0.25) is 0 Å². The van der Waals surface area contributed by atoms with Crippen LogP contribution in [0.25, 0.3) is 15.2 Å². The van der Waals surface area contributed by atoms with Gasteiger partial charge in [0.25, 0.3) is 0 Å². The summed E-state index contributed by atoms with van der Waals surface area (Å²) in [6.07, 6.45) is 4.18. The fourth-order valence-corrected chi connectivity index (χ4v) is 3.32. The molecule has 94 valence electrons. The van der Waals surface area contributed by atoms with Crippen LogP contribution in [0, 0.1) is 6.92 Å². The Labute approximate surface area is 110 Å². The van der Waals surface area contributed by atoms with Crippen molar-refractivity contribution in [3.05, 3.63) is 35.7 Å². The van der Waals surface area contributed by atoms with Crippen LogP contribution < -0.4 is 5.73 Å². The van der Waals surface area contributed by atoms with E-state index in [4.69, 9.17) is 5.73 Å². The van der Waals surface area contributed by atoms with Gasteiger partial charge in [0.1, 0.15) is 0 Å². The van der Waals surface area contributed by atoms with Gasteiger partial charge in [0.2, 0.25) is 0 Å². The van der Waals surface area contributed by atoms with E-state index in [1.165, 1.54) is 15.8 Å². The van der Waals surface area contributed by atoms with E-state index in [0.29, 0.717) is 0 Å². The van der Waals surface area contributed by atoms with Crippen molar-refractivity contribution in [3.8, 4) is 0 Å². The molecule has 3 nitrogen and oxygen atoms in total. The molecule has 1 atom stereocenters. The summed E-state index contributed by atoms with van der Waals surface area (Å²) in [4.78, 5) is 5.59. The summed E-state index contributed by atoms with van der Waals surface area (Å²) in [7, 11) is 0. The summed E-state index contributed by atoms with van der Waals surface area (Å²) in [6, 6.07) is 6.93. The van der Waals surface area contributed by atoms with Gasteiger partial charge in [-0.2, -0.15) is 0 Å². The Bertz CT molecular complexity index is 694. The number of rotatable bonds is 3. The minimum Gasteiger partial charge on any atom is -0.328 e. The molecule has 1 unspecified atom stereocenters. The molecule has 0 aliphatic rings. The number of nitrogens with zero attached hydrogens (tertiary/aromatic N) is 2. The molecule has 2 aromatic heterocycles. The minimum atomic E-state index is 0.268. The quantitative estimate of drug-likeness (QED) is 0.785. The van der Waals surface area contributed by atoms with Crippen molar-refractivity contribution in [1.82, 2.24) is 9.38 Å². The zero-order chi connectivity index (χ0) is 12.7. The van der Waals surface area contributed by atoms with Crippen LogP contribution in [0.15, 0.2) is 24.4 Å². The van der Waals surface area contributed by atoms with Gasteiger partial charge in [-0.25, -0.2) is 4.98 Å². The molecule has 2 heterocycles. The number of aryl methyl sites for hydroxylation is 2. The van der Waals surface area contributed by atoms with Crippen molar-refractivity contribution in [1.29, 1.82) is 0 Å². The number of hydrogen-bond donors (Lipinski definition) is 1. The van der Waals surface area contributed by atoms with Crippen LogP contribution in [-0.2, 0) is 6.42 Å². The summed E-state index contributed by atoms with van der Waals surface area (Å²) in [5.74, 6) is 0. The molecule has 3 aromatic rings. The molecule has 4 heteroatoms. The number of imidazole rings is 1. The third-order valence-corrected chi connectivity index (χ3v) is 4.18. The van der Waals surface area contributed by atoms with Gasteiger partial charge in [0.05, 0.1) is 15.9 Å². The maximum atomic E-state index is 5.80. The van der Waals surface area contributed by atoms with Gasteiger partial charge in [0.15, 0.2) is 4.96 Å². The highest BCUT2D eigenvalue weighted by Gasteiger charge is 2.07. The first-order valence-corrected chi connectivity index (χ1v) is 7.08. The molecular formula is C14H17N3S. The van der Waals surface area contributed by atoms with Crippen molar-refractivity contribution in [3.63, 3.8) is 0 Å². The average molecular weight is 259 g/mol. The number of thiazole rings is 1. The zero-order valence-corrected chi connectivity index (χ0v) is 11.5. The molecule has 0 aliphatic heterocycles. The summed E-state index contributed by atoms with van der Waals surface area (Å²) in [5.41, 5.74) is 9.49. The Morgan fingerprint density at radius 2 is 2.28 bits per heavy atom. The Kier molecular flexibility index (Phi) is 2.84. The number of nitrogens with two attached hydrogens (primary N) is 1. The predicted octanol–water partition coefficient (Wildman–Crippen LogP) is 3.14. The van der Waals surface area contributed by atoms with E-state index < -0.39 is 0 Å². The number of hydrogen-bond acceptors (Lipinski definition) is 3. The summed E-state index contributed by atoms with van der Waals surface area (Å²) < 4.78 is 3.48.